The van der Waals surface area contributed by atoms with Crippen molar-refractivity contribution in [1.82, 2.24) is 0 Å². The third-order valence-electron chi connectivity index (χ3n) is 3.98. The molecule has 2 aromatic carbocycles. The molecular weight excluding hydrogens is 290 g/mol. The summed E-state index contributed by atoms with van der Waals surface area (Å²) < 4.78 is 5.34. The number of ether oxygens (including phenoxy) is 1. The molecule has 0 atom stereocenters. The van der Waals surface area contributed by atoms with Gasteiger partial charge in [0, 0.05) is 17.9 Å². The van der Waals surface area contributed by atoms with Gasteiger partial charge in [-0.05, 0) is 60.2 Å². The second-order valence-corrected chi connectivity index (χ2v) is 5.76. The first kappa shape index (κ1) is 15.2. The summed E-state index contributed by atoms with van der Waals surface area (Å²) >= 11 is 0. The Hall–Kier alpha value is -2.69. The van der Waals surface area contributed by atoms with Crippen LogP contribution in [-0.2, 0) is 6.54 Å². The molecule has 3 rings (SSSR count). The smallest absolute Gasteiger partial charge is 0.316 e. The average Bonchev–Trinajstić information content (AvgIpc) is 3.37. The summed E-state index contributed by atoms with van der Waals surface area (Å²) in [6, 6.07) is 13.2. The van der Waals surface area contributed by atoms with Gasteiger partial charge in [-0.3, -0.25) is 0 Å². The summed E-state index contributed by atoms with van der Waals surface area (Å²) in [4.78, 5) is 10.9. The van der Waals surface area contributed by atoms with E-state index < -0.39 is 6.03 Å². The number of amides is 2. The molecule has 0 radical (unpaired) electrons. The summed E-state index contributed by atoms with van der Waals surface area (Å²) in [6.45, 7) is 0.711. The number of rotatable bonds is 6. The first-order chi connectivity index (χ1) is 11.2. The van der Waals surface area contributed by atoms with Crippen LogP contribution in [-0.4, -0.2) is 13.1 Å². The van der Waals surface area contributed by atoms with Gasteiger partial charge in [-0.1, -0.05) is 12.1 Å². The lowest BCUT2D eigenvalue weighted by atomic mass is 10.0. The van der Waals surface area contributed by atoms with Crippen LogP contribution in [0.4, 0.5) is 16.2 Å². The van der Waals surface area contributed by atoms with Gasteiger partial charge in [-0.25, -0.2) is 4.79 Å². The number of carbonyl (C=O) groups excluding carboxylic acids is 1. The highest BCUT2D eigenvalue weighted by Crippen LogP contribution is 2.42. The minimum Gasteiger partial charge on any atom is -0.497 e. The van der Waals surface area contributed by atoms with Crippen molar-refractivity contribution in [3.63, 3.8) is 0 Å². The minimum absolute atomic E-state index is 0.564. The van der Waals surface area contributed by atoms with E-state index in [4.69, 9.17) is 10.5 Å². The number of benzene rings is 2. The molecule has 1 saturated carbocycles. The lowest BCUT2D eigenvalue weighted by Gasteiger charge is -2.13. The molecule has 5 heteroatoms. The molecule has 2 aromatic rings. The van der Waals surface area contributed by atoms with Crippen LogP contribution in [0.5, 0.6) is 5.75 Å². The summed E-state index contributed by atoms with van der Waals surface area (Å²) in [5.41, 5.74) is 9.40. The highest BCUT2D eigenvalue weighted by Gasteiger charge is 2.26. The molecule has 2 amide bonds. The molecule has 0 saturated heterocycles. The fraction of sp³-hybridized carbons (Fsp3) is 0.278. The van der Waals surface area contributed by atoms with E-state index in [1.165, 1.54) is 24.0 Å². The number of nitrogens with one attached hydrogen (secondary N) is 2. The summed E-state index contributed by atoms with van der Waals surface area (Å²) in [7, 11) is 1.68. The van der Waals surface area contributed by atoms with Crippen molar-refractivity contribution in [3.05, 3.63) is 53.6 Å². The molecule has 120 valence electrons. The third kappa shape index (κ3) is 3.94. The Morgan fingerprint density at radius 3 is 2.70 bits per heavy atom. The first-order valence-electron chi connectivity index (χ1n) is 7.73. The van der Waals surface area contributed by atoms with Gasteiger partial charge in [0.05, 0.1) is 7.11 Å². The highest BCUT2D eigenvalue weighted by molar-refractivity contribution is 5.88. The molecule has 0 aliphatic heterocycles. The molecule has 0 spiro atoms. The van der Waals surface area contributed by atoms with Gasteiger partial charge < -0.3 is 21.1 Å². The van der Waals surface area contributed by atoms with Gasteiger partial charge in [0.2, 0.25) is 0 Å². The number of hydrogen-bond donors (Lipinski definition) is 3. The number of anilines is 2. The van der Waals surface area contributed by atoms with Crippen LogP contribution >= 0.6 is 0 Å². The van der Waals surface area contributed by atoms with E-state index in [2.05, 4.69) is 22.8 Å². The fourth-order valence-electron chi connectivity index (χ4n) is 2.70. The minimum atomic E-state index is -0.564. The predicted octanol–water partition coefficient (Wildman–Crippen LogP) is 3.68. The number of urea groups is 1. The number of hydrogen-bond acceptors (Lipinski definition) is 3. The van der Waals surface area contributed by atoms with E-state index in [0.29, 0.717) is 18.2 Å². The van der Waals surface area contributed by atoms with Crippen molar-refractivity contribution < 1.29 is 9.53 Å². The highest BCUT2D eigenvalue weighted by atomic mass is 16.5. The second kappa shape index (κ2) is 6.60. The first-order valence-corrected chi connectivity index (χ1v) is 7.73. The van der Waals surface area contributed by atoms with Crippen molar-refractivity contribution in [1.29, 1.82) is 0 Å². The van der Waals surface area contributed by atoms with Crippen LogP contribution in [0.3, 0.4) is 0 Å². The molecular formula is C18H21N3O2. The second-order valence-electron chi connectivity index (χ2n) is 5.76. The maximum atomic E-state index is 10.9. The Morgan fingerprint density at radius 2 is 2.00 bits per heavy atom. The van der Waals surface area contributed by atoms with E-state index in [0.717, 1.165) is 11.4 Å². The van der Waals surface area contributed by atoms with E-state index >= 15 is 0 Å². The summed E-state index contributed by atoms with van der Waals surface area (Å²) in [5.74, 6) is 1.55. The molecule has 0 bridgehead atoms. The monoisotopic (exact) mass is 311 g/mol. The van der Waals surface area contributed by atoms with Gasteiger partial charge in [0.1, 0.15) is 5.75 Å². The van der Waals surface area contributed by atoms with E-state index in [9.17, 15) is 4.79 Å². The number of primary amides is 1. The van der Waals surface area contributed by atoms with E-state index in [1.807, 2.05) is 24.3 Å². The van der Waals surface area contributed by atoms with Crippen molar-refractivity contribution in [3.8, 4) is 5.75 Å². The van der Waals surface area contributed by atoms with Crippen LogP contribution in [0, 0.1) is 0 Å². The lowest BCUT2D eigenvalue weighted by Crippen LogP contribution is -2.19. The molecule has 4 N–H and O–H groups in total. The van der Waals surface area contributed by atoms with Crippen LogP contribution in [0.25, 0.3) is 0 Å². The maximum absolute atomic E-state index is 10.9. The quantitative estimate of drug-likeness (QED) is 0.761. The van der Waals surface area contributed by atoms with Crippen molar-refractivity contribution in [2.45, 2.75) is 25.3 Å². The predicted molar refractivity (Wildman–Crippen MR) is 91.9 cm³/mol. The largest absolute Gasteiger partial charge is 0.497 e. The van der Waals surface area contributed by atoms with E-state index in [-0.39, 0.29) is 0 Å². The zero-order valence-corrected chi connectivity index (χ0v) is 13.1. The zero-order chi connectivity index (χ0) is 16.2. The Morgan fingerprint density at radius 1 is 1.22 bits per heavy atom. The van der Waals surface area contributed by atoms with Crippen molar-refractivity contribution >= 4 is 17.4 Å². The SMILES string of the molecule is COc1ccc(C2CC2)c(CNc2cccc(NC(N)=O)c2)c1. The summed E-state index contributed by atoms with van der Waals surface area (Å²) in [6.07, 6.45) is 2.52. The van der Waals surface area contributed by atoms with Crippen LogP contribution in [0.1, 0.15) is 29.9 Å². The Balaban J connectivity index is 1.73. The summed E-state index contributed by atoms with van der Waals surface area (Å²) in [5, 5.41) is 5.98. The van der Waals surface area contributed by atoms with Crippen molar-refractivity contribution in [2.24, 2.45) is 5.73 Å². The number of nitrogens with two attached hydrogens (primary N) is 1. The molecule has 23 heavy (non-hydrogen) atoms. The van der Waals surface area contributed by atoms with Gasteiger partial charge in [0.15, 0.2) is 0 Å². The molecule has 1 fully saturated rings. The van der Waals surface area contributed by atoms with Gasteiger partial charge in [-0.15, -0.1) is 0 Å². The van der Waals surface area contributed by atoms with Gasteiger partial charge >= 0.3 is 6.03 Å². The van der Waals surface area contributed by atoms with Gasteiger partial charge in [0.25, 0.3) is 0 Å². The topological polar surface area (TPSA) is 76.4 Å². The average molecular weight is 311 g/mol. The Kier molecular flexibility index (Phi) is 4.37. The Bertz CT molecular complexity index is 711. The molecule has 0 aromatic heterocycles. The number of carbonyl (C=O) groups is 1. The van der Waals surface area contributed by atoms with Gasteiger partial charge in [-0.2, -0.15) is 0 Å². The zero-order valence-electron chi connectivity index (χ0n) is 13.1. The van der Waals surface area contributed by atoms with E-state index in [1.54, 1.807) is 13.2 Å². The molecule has 0 unspecified atom stereocenters. The molecule has 1 aliphatic rings. The third-order valence-corrected chi connectivity index (χ3v) is 3.98. The molecule has 5 nitrogen and oxygen atoms in total. The lowest BCUT2D eigenvalue weighted by molar-refractivity contribution is 0.259. The van der Waals surface area contributed by atoms with Crippen molar-refractivity contribution in [2.75, 3.05) is 17.7 Å². The molecule has 1 aliphatic carbocycles. The number of methoxy groups -OCH3 is 1. The fourth-order valence-corrected chi connectivity index (χ4v) is 2.70. The maximum Gasteiger partial charge on any atom is 0.316 e. The standard InChI is InChI=1S/C18H21N3O2/c1-23-16-7-8-17(12-5-6-12)13(9-16)11-20-14-3-2-4-15(10-14)21-18(19)22/h2-4,7-10,12,20H,5-6,11H2,1H3,(H3,19,21,22). The Labute approximate surface area is 135 Å². The van der Waals surface area contributed by atoms with Crippen LogP contribution < -0.4 is 21.1 Å². The normalized spacial score (nSPS) is 13.4. The van der Waals surface area contributed by atoms with Crippen LogP contribution in [0.15, 0.2) is 42.5 Å². The molecule has 0 heterocycles. The van der Waals surface area contributed by atoms with Crippen LogP contribution in [0.2, 0.25) is 0 Å².